The maximum absolute atomic E-state index is 12.9. The first-order valence-electron chi connectivity index (χ1n) is 6.20. The van der Waals surface area contributed by atoms with Crippen molar-refractivity contribution in [2.75, 3.05) is 6.54 Å². The van der Waals surface area contributed by atoms with Crippen LogP contribution in [0.15, 0.2) is 18.5 Å². The Balaban J connectivity index is 1.75. The van der Waals surface area contributed by atoms with E-state index in [1.807, 2.05) is 0 Å². The van der Waals surface area contributed by atoms with Crippen LogP contribution in [-0.4, -0.2) is 16.9 Å². The minimum atomic E-state index is -0.280. The zero-order chi connectivity index (χ0) is 12.1. The molecule has 0 aromatic carbocycles. The summed E-state index contributed by atoms with van der Waals surface area (Å²) in [6, 6.07) is 1.51. The summed E-state index contributed by atoms with van der Waals surface area (Å²) in [6.45, 7) is 1.57. The van der Waals surface area contributed by atoms with Crippen LogP contribution in [0.2, 0.25) is 0 Å². The van der Waals surface area contributed by atoms with E-state index in [0.29, 0.717) is 17.8 Å². The molecular formula is C13H18ClFN2. The molecular weight excluding hydrogens is 239 g/mol. The fourth-order valence-electron chi connectivity index (χ4n) is 2.35. The van der Waals surface area contributed by atoms with Gasteiger partial charge in [-0.25, -0.2) is 4.39 Å². The summed E-state index contributed by atoms with van der Waals surface area (Å²) in [5.41, 5.74) is 0.881. The van der Waals surface area contributed by atoms with Gasteiger partial charge in [-0.2, -0.15) is 0 Å². The lowest BCUT2D eigenvalue weighted by Crippen LogP contribution is -2.30. The Bertz CT molecular complexity index is 359. The van der Waals surface area contributed by atoms with Gasteiger partial charge in [0.25, 0.3) is 0 Å². The van der Waals surface area contributed by atoms with Crippen molar-refractivity contribution in [3.05, 3.63) is 29.8 Å². The van der Waals surface area contributed by atoms with E-state index in [1.165, 1.54) is 31.5 Å². The Kier molecular flexibility index (Phi) is 4.75. The van der Waals surface area contributed by atoms with Crippen LogP contribution in [0, 0.1) is 11.7 Å². The van der Waals surface area contributed by atoms with Gasteiger partial charge in [0.05, 0.1) is 6.20 Å². The van der Waals surface area contributed by atoms with Gasteiger partial charge in [-0.15, -0.1) is 11.6 Å². The van der Waals surface area contributed by atoms with Crippen molar-refractivity contribution in [1.29, 1.82) is 0 Å². The van der Waals surface area contributed by atoms with Crippen molar-refractivity contribution in [2.45, 2.75) is 37.6 Å². The van der Waals surface area contributed by atoms with E-state index in [4.69, 9.17) is 11.6 Å². The number of nitrogens with one attached hydrogen (secondary N) is 1. The second kappa shape index (κ2) is 6.31. The van der Waals surface area contributed by atoms with Crippen LogP contribution < -0.4 is 5.32 Å². The Morgan fingerprint density at radius 2 is 2.18 bits per heavy atom. The van der Waals surface area contributed by atoms with E-state index in [2.05, 4.69) is 10.3 Å². The highest BCUT2D eigenvalue weighted by Gasteiger charge is 2.22. The third-order valence-electron chi connectivity index (χ3n) is 3.31. The fraction of sp³-hybridized carbons (Fsp3) is 0.615. The van der Waals surface area contributed by atoms with Crippen LogP contribution in [-0.2, 0) is 6.54 Å². The van der Waals surface area contributed by atoms with Crippen molar-refractivity contribution in [3.8, 4) is 0 Å². The first-order chi connectivity index (χ1) is 8.25. The lowest BCUT2D eigenvalue weighted by Gasteiger charge is -2.27. The normalized spacial score (nSPS) is 24.8. The molecule has 1 heterocycles. The first-order valence-corrected chi connectivity index (χ1v) is 6.63. The number of pyridine rings is 1. The maximum Gasteiger partial charge on any atom is 0.141 e. The summed E-state index contributed by atoms with van der Waals surface area (Å²) in [5.74, 6) is 0.268. The van der Waals surface area contributed by atoms with Gasteiger partial charge in [-0.05, 0) is 36.9 Å². The zero-order valence-electron chi connectivity index (χ0n) is 9.83. The lowest BCUT2D eigenvalue weighted by molar-refractivity contribution is 0.348. The molecule has 2 nitrogen and oxygen atoms in total. The number of halogens is 2. The Morgan fingerprint density at radius 1 is 1.35 bits per heavy atom. The summed E-state index contributed by atoms with van der Waals surface area (Å²) >= 11 is 6.28. The zero-order valence-corrected chi connectivity index (χ0v) is 10.6. The summed E-state index contributed by atoms with van der Waals surface area (Å²) in [4.78, 5) is 3.82. The summed E-state index contributed by atoms with van der Waals surface area (Å²) in [6.07, 6.45) is 7.75. The topological polar surface area (TPSA) is 24.9 Å². The van der Waals surface area contributed by atoms with Crippen LogP contribution in [0.25, 0.3) is 0 Å². The number of rotatable bonds is 4. The lowest BCUT2D eigenvalue weighted by atomic mass is 9.89. The fourth-order valence-corrected chi connectivity index (χ4v) is 2.72. The predicted molar refractivity (Wildman–Crippen MR) is 67.5 cm³/mol. The largest absolute Gasteiger partial charge is 0.312 e. The van der Waals surface area contributed by atoms with Crippen LogP contribution in [0.3, 0.4) is 0 Å². The second-order valence-electron chi connectivity index (χ2n) is 4.70. The molecule has 0 aliphatic heterocycles. The number of hydrogen-bond donors (Lipinski definition) is 1. The molecule has 1 aromatic heterocycles. The Hall–Kier alpha value is -0.670. The van der Waals surface area contributed by atoms with Crippen LogP contribution in [0.5, 0.6) is 0 Å². The molecule has 1 aromatic rings. The van der Waals surface area contributed by atoms with E-state index < -0.39 is 0 Å². The van der Waals surface area contributed by atoms with E-state index in [1.54, 1.807) is 6.20 Å². The molecule has 1 aliphatic rings. The van der Waals surface area contributed by atoms with Crippen LogP contribution in [0.4, 0.5) is 4.39 Å². The van der Waals surface area contributed by atoms with Crippen LogP contribution >= 0.6 is 11.6 Å². The molecule has 17 heavy (non-hydrogen) atoms. The SMILES string of the molecule is Fc1cncc(CNCC2CCCCC2Cl)c1. The van der Waals surface area contributed by atoms with Gasteiger partial charge in [0.1, 0.15) is 5.82 Å². The first kappa shape index (κ1) is 12.8. The van der Waals surface area contributed by atoms with Crippen molar-refractivity contribution in [3.63, 3.8) is 0 Å². The average Bonchev–Trinajstić information content (AvgIpc) is 2.32. The molecule has 1 fully saturated rings. The molecule has 2 rings (SSSR count). The smallest absolute Gasteiger partial charge is 0.141 e. The minimum absolute atomic E-state index is 0.280. The molecule has 1 saturated carbocycles. The maximum atomic E-state index is 12.9. The Labute approximate surface area is 107 Å². The van der Waals surface area contributed by atoms with Gasteiger partial charge in [-0.3, -0.25) is 4.98 Å². The molecule has 0 spiro atoms. The van der Waals surface area contributed by atoms with E-state index >= 15 is 0 Å². The summed E-state index contributed by atoms with van der Waals surface area (Å²) < 4.78 is 12.9. The minimum Gasteiger partial charge on any atom is -0.312 e. The van der Waals surface area contributed by atoms with Crippen molar-refractivity contribution >= 4 is 11.6 Å². The quantitative estimate of drug-likeness (QED) is 0.838. The van der Waals surface area contributed by atoms with Gasteiger partial charge in [0, 0.05) is 18.1 Å². The number of nitrogens with zero attached hydrogens (tertiary/aromatic N) is 1. The van der Waals surface area contributed by atoms with Crippen LogP contribution in [0.1, 0.15) is 31.2 Å². The monoisotopic (exact) mass is 256 g/mol. The highest BCUT2D eigenvalue weighted by molar-refractivity contribution is 6.20. The standard InChI is InChI=1S/C13H18ClFN2/c14-13-4-2-1-3-11(13)8-16-6-10-5-12(15)9-17-7-10/h5,7,9,11,13,16H,1-4,6,8H2. The van der Waals surface area contributed by atoms with Crippen molar-refractivity contribution in [1.82, 2.24) is 10.3 Å². The average molecular weight is 257 g/mol. The highest BCUT2D eigenvalue weighted by atomic mass is 35.5. The molecule has 2 unspecified atom stereocenters. The summed E-state index contributed by atoms with van der Waals surface area (Å²) in [7, 11) is 0. The van der Waals surface area contributed by atoms with E-state index in [9.17, 15) is 4.39 Å². The number of alkyl halides is 1. The number of aromatic nitrogens is 1. The van der Waals surface area contributed by atoms with Gasteiger partial charge >= 0.3 is 0 Å². The van der Waals surface area contributed by atoms with Crippen molar-refractivity contribution in [2.24, 2.45) is 5.92 Å². The van der Waals surface area contributed by atoms with Gasteiger partial charge in [0.2, 0.25) is 0 Å². The molecule has 1 N–H and O–H groups in total. The van der Waals surface area contributed by atoms with E-state index in [-0.39, 0.29) is 5.82 Å². The number of hydrogen-bond acceptors (Lipinski definition) is 2. The third kappa shape index (κ3) is 3.93. The Morgan fingerprint density at radius 3 is 2.94 bits per heavy atom. The molecule has 1 aliphatic carbocycles. The molecule has 0 bridgehead atoms. The third-order valence-corrected chi connectivity index (χ3v) is 3.89. The molecule has 0 saturated heterocycles. The molecule has 94 valence electrons. The second-order valence-corrected chi connectivity index (χ2v) is 5.26. The molecule has 2 atom stereocenters. The van der Waals surface area contributed by atoms with Gasteiger partial charge in [-0.1, -0.05) is 12.8 Å². The van der Waals surface area contributed by atoms with Crippen molar-refractivity contribution < 1.29 is 4.39 Å². The molecule has 0 amide bonds. The van der Waals surface area contributed by atoms with E-state index in [0.717, 1.165) is 18.5 Å². The predicted octanol–water partition coefficient (Wildman–Crippen LogP) is 3.11. The van der Waals surface area contributed by atoms with Gasteiger partial charge in [0.15, 0.2) is 0 Å². The van der Waals surface area contributed by atoms with Gasteiger partial charge < -0.3 is 5.32 Å². The molecule has 4 heteroatoms. The summed E-state index contributed by atoms with van der Waals surface area (Å²) in [5, 5.41) is 3.63. The molecule has 0 radical (unpaired) electrons. The highest BCUT2D eigenvalue weighted by Crippen LogP contribution is 2.27.